The van der Waals surface area contributed by atoms with Gasteiger partial charge in [0.25, 0.3) is 0 Å². The normalized spacial score (nSPS) is 17.5. The molecule has 70 valence electrons. The summed E-state index contributed by atoms with van der Waals surface area (Å²) in [6, 6.07) is 2.36. The zero-order chi connectivity index (χ0) is 9.10. The van der Waals surface area contributed by atoms with Crippen LogP contribution >= 0.6 is 0 Å². The van der Waals surface area contributed by atoms with Gasteiger partial charge in [0.05, 0.1) is 5.69 Å². The van der Waals surface area contributed by atoms with Crippen molar-refractivity contribution < 1.29 is 4.79 Å². The van der Waals surface area contributed by atoms with Crippen molar-refractivity contribution in [3.63, 3.8) is 0 Å². The Morgan fingerprint density at radius 1 is 1.46 bits per heavy atom. The zero-order valence-electron chi connectivity index (χ0n) is 7.57. The first kappa shape index (κ1) is 8.35. The Kier molecular flexibility index (Phi) is 2.34. The Hall–Kier alpha value is -1.25. The van der Waals surface area contributed by atoms with Crippen molar-refractivity contribution in [3.8, 4) is 0 Å². The topological polar surface area (TPSA) is 36.1 Å². The van der Waals surface area contributed by atoms with Gasteiger partial charge in [0.15, 0.2) is 0 Å². The minimum atomic E-state index is 0.424. The molecule has 0 unspecified atom stereocenters. The van der Waals surface area contributed by atoms with Crippen molar-refractivity contribution in [2.75, 3.05) is 4.90 Å². The van der Waals surface area contributed by atoms with Crippen molar-refractivity contribution in [2.45, 2.75) is 31.7 Å². The molecule has 1 aromatic heterocycles. The fourth-order valence-electron chi connectivity index (χ4n) is 2.02. The van der Waals surface area contributed by atoms with E-state index in [2.05, 4.69) is 4.98 Å². The van der Waals surface area contributed by atoms with Gasteiger partial charge in [-0.15, -0.1) is 0 Å². The molecule has 1 fully saturated rings. The highest BCUT2D eigenvalue weighted by Crippen LogP contribution is 2.26. The number of carbonyl (C=O) groups is 1. The molecular formula is C10H14N2O. The monoisotopic (exact) mass is 178 g/mol. The summed E-state index contributed by atoms with van der Waals surface area (Å²) in [5, 5.41) is 0. The summed E-state index contributed by atoms with van der Waals surface area (Å²) in [5.41, 5.74) is 0.988. The Bertz CT molecular complexity index is 262. The summed E-state index contributed by atoms with van der Waals surface area (Å²) in [5.74, 6) is 0. The molecular weight excluding hydrogens is 164 g/mol. The van der Waals surface area contributed by atoms with Gasteiger partial charge in [0.2, 0.25) is 6.41 Å². The van der Waals surface area contributed by atoms with Crippen LogP contribution in [0, 0.1) is 0 Å². The van der Waals surface area contributed by atoms with Gasteiger partial charge in [0, 0.05) is 18.4 Å². The standard InChI is InChI=1S/C10H14N2O/c13-8-12(9-3-1-2-4-9)10-5-6-11-7-10/h5-9,11H,1-4H2. The third-order valence-electron chi connectivity index (χ3n) is 2.71. The van der Waals surface area contributed by atoms with Crippen LogP contribution in [0.1, 0.15) is 25.7 Å². The van der Waals surface area contributed by atoms with E-state index in [4.69, 9.17) is 0 Å². The van der Waals surface area contributed by atoms with E-state index in [0.29, 0.717) is 6.04 Å². The SMILES string of the molecule is O=CN(c1cc[nH]c1)C1CCCC1. The van der Waals surface area contributed by atoms with E-state index in [0.717, 1.165) is 24.9 Å². The molecule has 2 rings (SSSR count). The summed E-state index contributed by atoms with van der Waals surface area (Å²) in [6.45, 7) is 0. The molecule has 0 saturated heterocycles. The molecule has 0 radical (unpaired) electrons. The molecule has 1 aliphatic rings. The number of hydrogen-bond donors (Lipinski definition) is 1. The van der Waals surface area contributed by atoms with Gasteiger partial charge in [-0.3, -0.25) is 4.79 Å². The molecule has 1 saturated carbocycles. The molecule has 1 aromatic rings. The van der Waals surface area contributed by atoms with Crippen molar-refractivity contribution in [3.05, 3.63) is 18.5 Å². The van der Waals surface area contributed by atoms with Crippen LogP contribution in [-0.2, 0) is 4.79 Å². The van der Waals surface area contributed by atoms with Gasteiger partial charge in [-0.25, -0.2) is 0 Å². The van der Waals surface area contributed by atoms with E-state index in [1.807, 2.05) is 23.4 Å². The highest BCUT2D eigenvalue weighted by atomic mass is 16.1. The predicted molar refractivity (Wildman–Crippen MR) is 51.6 cm³/mol. The van der Waals surface area contributed by atoms with E-state index in [1.165, 1.54) is 12.8 Å². The summed E-state index contributed by atoms with van der Waals surface area (Å²) in [7, 11) is 0. The highest BCUT2D eigenvalue weighted by Gasteiger charge is 2.22. The Labute approximate surface area is 77.7 Å². The number of carbonyl (C=O) groups excluding carboxylic acids is 1. The summed E-state index contributed by atoms with van der Waals surface area (Å²) in [6.07, 6.45) is 9.44. The first-order chi connectivity index (χ1) is 6.42. The number of aromatic amines is 1. The van der Waals surface area contributed by atoms with Crippen LogP contribution in [0.4, 0.5) is 5.69 Å². The number of rotatable bonds is 3. The van der Waals surface area contributed by atoms with E-state index in [1.54, 1.807) is 0 Å². The smallest absolute Gasteiger partial charge is 0.214 e. The van der Waals surface area contributed by atoms with E-state index < -0.39 is 0 Å². The van der Waals surface area contributed by atoms with Gasteiger partial charge in [0.1, 0.15) is 0 Å². The van der Waals surface area contributed by atoms with Crippen molar-refractivity contribution in [2.24, 2.45) is 0 Å². The molecule has 1 N–H and O–H groups in total. The number of hydrogen-bond acceptors (Lipinski definition) is 1. The average molecular weight is 178 g/mol. The van der Waals surface area contributed by atoms with Crippen LogP contribution in [0.2, 0.25) is 0 Å². The Morgan fingerprint density at radius 3 is 2.77 bits per heavy atom. The highest BCUT2D eigenvalue weighted by molar-refractivity contribution is 5.75. The maximum absolute atomic E-state index is 10.9. The molecule has 0 spiro atoms. The molecule has 1 heterocycles. The van der Waals surface area contributed by atoms with Gasteiger partial charge in [-0.05, 0) is 18.9 Å². The van der Waals surface area contributed by atoms with Crippen LogP contribution in [0.15, 0.2) is 18.5 Å². The fourth-order valence-corrected chi connectivity index (χ4v) is 2.02. The number of H-pyrrole nitrogens is 1. The van der Waals surface area contributed by atoms with E-state index >= 15 is 0 Å². The lowest BCUT2D eigenvalue weighted by Gasteiger charge is -2.22. The minimum Gasteiger partial charge on any atom is -0.366 e. The fraction of sp³-hybridized carbons (Fsp3) is 0.500. The second-order valence-corrected chi connectivity index (χ2v) is 3.52. The van der Waals surface area contributed by atoms with Gasteiger partial charge >= 0.3 is 0 Å². The zero-order valence-corrected chi connectivity index (χ0v) is 7.57. The quantitative estimate of drug-likeness (QED) is 0.705. The van der Waals surface area contributed by atoms with E-state index in [9.17, 15) is 4.79 Å². The van der Waals surface area contributed by atoms with E-state index in [-0.39, 0.29) is 0 Å². The lowest BCUT2D eigenvalue weighted by Crippen LogP contribution is -2.31. The summed E-state index contributed by atoms with van der Waals surface area (Å²) >= 11 is 0. The summed E-state index contributed by atoms with van der Waals surface area (Å²) in [4.78, 5) is 15.7. The number of amides is 1. The van der Waals surface area contributed by atoms with Crippen molar-refractivity contribution in [1.29, 1.82) is 0 Å². The molecule has 3 heteroatoms. The lowest BCUT2D eigenvalue weighted by molar-refractivity contribution is -0.107. The number of nitrogens with zero attached hydrogens (tertiary/aromatic N) is 1. The maximum atomic E-state index is 10.9. The second-order valence-electron chi connectivity index (χ2n) is 3.52. The van der Waals surface area contributed by atoms with Crippen LogP contribution in [0.3, 0.4) is 0 Å². The summed E-state index contributed by atoms with van der Waals surface area (Å²) < 4.78 is 0. The largest absolute Gasteiger partial charge is 0.366 e. The van der Waals surface area contributed by atoms with Crippen LogP contribution in [0.5, 0.6) is 0 Å². The third kappa shape index (κ3) is 1.59. The number of nitrogens with one attached hydrogen (secondary N) is 1. The third-order valence-corrected chi connectivity index (χ3v) is 2.71. The number of anilines is 1. The number of aromatic nitrogens is 1. The lowest BCUT2D eigenvalue weighted by atomic mass is 10.2. The van der Waals surface area contributed by atoms with Crippen LogP contribution < -0.4 is 4.90 Å². The van der Waals surface area contributed by atoms with Gasteiger partial charge in [-0.2, -0.15) is 0 Å². The molecule has 0 aromatic carbocycles. The molecule has 13 heavy (non-hydrogen) atoms. The van der Waals surface area contributed by atoms with Gasteiger partial charge < -0.3 is 9.88 Å². The molecule has 3 nitrogen and oxygen atoms in total. The Morgan fingerprint density at radius 2 is 2.23 bits per heavy atom. The van der Waals surface area contributed by atoms with Crippen molar-refractivity contribution in [1.82, 2.24) is 4.98 Å². The van der Waals surface area contributed by atoms with Crippen molar-refractivity contribution >= 4 is 12.1 Å². The first-order valence-corrected chi connectivity index (χ1v) is 4.78. The molecule has 1 aliphatic carbocycles. The Balaban J connectivity index is 2.13. The second kappa shape index (κ2) is 3.64. The maximum Gasteiger partial charge on any atom is 0.214 e. The predicted octanol–water partition coefficient (Wildman–Crippen LogP) is 1.92. The van der Waals surface area contributed by atoms with Crippen LogP contribution in [-0.4, -0.2) is 17.4 Å². The molecule has 0 aliphatic heterocycles. The molecule has 1 amide bonds. The molecule has 0 atom stereocenters. The average Bonchev–Trinajstić information content (AvgIpc) is 2.76. The molecule has 0 bridgehead atoms. The van der Waals surface area contributed by atoms with Gasteiger partial charge in [-0.1, -0.05) is 12.8 Å². The first-order valence-electron chi connectivity index (χ1n) is 4.78. The van der Waals surface area contributed by atoms with Crippen LogP contribution in [0.25, 0.3) is 0 Å². The minimum absolute atomic E-state index is 0.424.